The first kappa shape index (κ1) is 11.1. The third-order valence-corrected chi connectivity index (χ3v) is 3.91. The minimum Gasteiger partial charge on any atom is -0.382 e. The van der Waals surface area contributed by atoms with Crippen LogP contribution in [0.4, 0.5) is 5.69 Å². The fraction of sp³-hybridized carbons (Fsp3) is 0.600. The van der Waals surface area contributed by atoms with E-state index in [1.807, 2.05) is 0 Å². The van der Waals surface area contributed by atoms with Gasteiger partial charge in [-0.2, -0.15) is 0 Å². The number of aryl methyl sites for hydroxylation is 2. The van der Waals surface area contributed by atoms with Gasteiger partial charge in [0.2, 0.25) is 0 Å². The van der Waals surface area contributed by atoms with E-state index in [4.69, 9.17) is 4.74 Å². The summed E-state index contributed by atoms with van der Waals surface area (Å²) >= 11 is 0. The number of hydrogen-bond acceptors (Lipinski definition) is 2. The van der Waals surface area contributed by atoms with E-state index in [1.165, 1.54) is 44.2 Å². The molecule has 1 fully saturated rings. The average Bonchev–Trinajstić information content (AvgIpc) is 2.85. The highest BCUT2D eigenvalue weighted by Gasteiger charge is 2.14. The van der Waals surface area contributed by atoms with E-state index in [-0.39, 0.29) is 0 Å². The first-order valence-corrected chi connectivity index (χ1v) is 6.89. The van der Waals surface area contributed by atoms with Crippen LogP contribution in [0.2, 0.25) is 0 Å². The van der Waals surface area contributed by atoms with Gasteiger partial charge in [0.15, 0.2) is 0 Å². The van der Waals surface area contributed by atoms with Crippen molar-refractivity contribution in [3.05, 3.63) is 29.3 Å². The molecule has 17 heavy (non-hydrogen) atoms. The fourth-order valence-electron chi connectivity index (χ4n) is 2.88. The second kappa shape index (κ2) is 5.09. The van der Waals surface area contributed by atoms with Crippen LogP contribution in [0.25, 0.3) is 0 Å². The highest BCUT2D eigenvalue weighted by Crippen LogP contribution is 2.25. The standard InChI is InChI=1S/C15H21NO/c1-2-9-17-15(6-1)11-16-14-8-7-12-4-3-5-13(12)10-14/h7-8,10,15-16H,1-6,9,11H2. The molecule has 1 atom stereocenters. The molecule has 2 aliphatic rings. The first-order chi connectivity index (χ1) is 8.42. The Hall–Kier alpha value is -1.02. The summed E-state index contributed by atoms with van der Waals surface area (Å²) in [5.74, 6) is 0. The van der Waals surface area contributed by atoms with Crippen molar-refractivity contribution in [2.45, 2.75) is 44.6 Å². The van der Waals surface area contributed by atoms with Crippen LogP contribution in [0, 0.1) is 0 Å². The van der Waals surface area contributed by atoms with E-state index in [9.17, 15) is 0 Å². The lowest BCUT2D eigenvalue weighted by molar-refractivity contribution is 0.0247. The molecule has 1 aliphatic heterocycles. The lowest BCUT2D eigenvalue weighted by Crippen LogP contribution is -2.26. The summed E-state index contributed by atoms with van der Waals surface area (Å²) in [5, 5.41) is 3.52. The van der Waals surface area contributed by atoms with Crippen molar-refractivity contribution in [2.75, 3.05) is 18.5 Å². The Labute approximate surface area is 103 Å². The zero-order chi connectivity index (χ0) is 11.5. The van der Waals surface area contributed by atoms with Gasteiger partial charge < -0.3 is 10.1 Å². The van der Waals surface area contributed by atoms with Gasteiger partial charge in [0.05, 0.1) is 6.10 Å². The maximum Gasteiger partial charge on any atom is 0.0747 e. The first-order valence-electron chi connectivity index (χ1n) is 6.89. The van der Waals surface area contributed by atoms with E-state index in [1.54, 1.807) is 11.1 Å². The molecule has 92 valence electrons. The molecule has 0 radical (unpaired) electrons. The Bertz CT molecular complexity index is 383. The molecule has 1 N–H and O–H groups in total. The Kier molecular flexibility index (Phi) is 3.32. The second-order valence-corrected chi connectivity index (χ2v) is 5.21. The van der Waals surface area contributed by atoms with Gasteiger partial charge in [-0.25, -0.2) is 0 Å². The van der Waals surface area contributed by atoms with Crippen molar-refractivity contribution in [2.24, 2.45) is 0 Å². The monoisotopic (exact) mass is 231 g/mol. The van der Waals surface area contributed by atoms with E-state index < -0.39 is 0 Å². The van der Waals surface area contributed by atoms with Crippen LogP contribution in [-0.2, 0) is 17.6 Å². The van der Waals surface area contributed by atoms with Crippen molar-refractivity contribution >= 4 is 5.69 Å². The van der Waals surface area contributed by atoms with Crippen LogP contribution in [0.3, 0.4) is 0 Å². The van der Waals surface area contributed by atoms with E-state index in [2.05, 4.69) is 23.5 Å². The van der Waals surface area contributed by atoms with Gasteiger partial charge in [0.25, 0.3) is 0 Å². The number of benzene rings is 1. The number of hydrogen-bond donors (Lipinski definition) is 1. The largest absolute Gasteiger partial charge is 0.382 e. The summed E-state index contributed by atoms with van der Waals surface area (Å²) in [6.45, 7) is 1.90. The Balaban J connectivity index is 1.57. The molecule has 0 bridgehead atoms. The molecule has 3 rings (SSSR count). The highest BCUT2D eigenvalue weighted by molar-refractivity contribution is 5.50. The van der Waals surface area contributed by atoms with Gasteiger partial charge in [-0.05, 0) is 61.8 Å². The van der Waals surface area contributed by atoms with Crippen molar-refractivity contribution in [3.63, 3.8) is 0 Å². The third kappa shape index (κ3) is 2.63. The second-order valence-electron chi connectivity index (χ2n) is 5.21. The molecule has 1 aliphatic carbocycles. The van der Waals surface area contributed by atoms with Crippen LogP contribution in [-0.4, -0.2) is 19.3 Å². The molecule has 1 saturated heterocycles. The summed E-state index contributed by atoms with van der Waals surface area (Å²) in [5.41, 5.74) is 4.35. The van der Waals surface area contributed by atoms with Crippen molar-refractivity contribution in [1.29, 1.82) is 0 Å². The highest BCUT2D eigenvalue weighted by atomic mass is 16.5. The van der Waals surface area contributed by atoms with Crippen LogP contribution in [0.5, 0.6) is 0 Å². The summed E-state index contributed by atoms with van der Waals surface area (Å²) in [7, 11) is 0. The number of nitrogens with one attached hydrogen (secondary N) is 1. The number of ether oxygens (including phenoxy) is 1. The van der Waals surface area contributed by atoms with Gasteiger partial charge in [0.1, 0.15) is 0 Å². The molecular weight excluding hydrogens is 210 g/mol. The normalized spacial score (nSPS) is 23.4. The molecule has 2 nitrogen and oxygen atoms in total. The predicted molar refractivity (Wildman–Crippen MR) is 70.5 cm³/mol. The van der Waals surface area contributed by atoms with Gasteiger partial charge in [-0.3, -0.25) is 0 Å². The van der Waals surface area contributed by atoms with E-state index in [0.717, 1.165) is 13.2 Å². The number of rotatable bonds is 3. The summed E-state index contributed by atoms with van der Waals surface area (Å²) in [4.78, 5) is 0. The molecule has 2 heteroatoms. The summed E-state index contributed by atoms with van der Waals surface area (Å²) in [6, 6.07) is 6.82. The maximum absolute atomic E-state index is 5.73. The molecule has 1 unspecified atom stereocenters. The molecule has 1 heterocycles. The number of anilines is 1. The Morgan fingerprint density at radius 3 is 2.94 bits per heavy atom. The van der Waals surface area contributed by atoms with E-state index >= 15 is 0 Å². The van der Waals surface area contributed by atoms with Crippen LogP contribution < -0.4 is 5.32 Å². The van der Waals surface area contributed by atoms with Gasteiger partial charge in [-0.15, -0.1) is 0 Å². The van der Waals surface area contributed by atoms with E-state index in [0.29, 0.717) is 6.10 Å². The molecule has 0 amide bonds. The maximum atomic E-state index is 5.73. The molecule has 0 spiro atoms. The topological polar surface area (TPSA) is 21.3 Å². The minimum atomic E-state index is 0.414. The smallest absolute Gasteiger partial charge is 0.0747 e. The fourth-order valence-corrected chi connectivity index (χ4v) is 2.88. The average molecular weight is 231 g/mol. The van der Waals surface area contributed by atoms with Crippen molar-refractivity contribution in [3.8, 4) is 0 Å². The lowest BCUT2D eigenvalue weighted by atomic mass is 10.1. The van der Waals surface area contributed by atoms with Gasteiger partial charge in [-0.1, -0.05) is 6.07 Å². The zero-order valence-corrected chi connectivity index (χ0v) is 10.4. The quantitative estimate of drug-likeness (QED) is 0.862. The zero-order valence-electron chi connectivity index (χ0n) is 10.4. The lowest BCUT2D eigenvalue weighted by Gasteiger charge is -2.23. The van der Waals surface area contributed by atoms with Crippen molar-refractivity contribution in [1.82, 2.24) is 0 Å². The van der Waals surface area contributed by atoms with Crippen molar-refractivity contribution < 1.29 is 4.74 Å². The molecule has 1 aromatic carbocycles. The number of fused-ring (bicyclic) bond motifs is 1. The SMILES string of the molecule is c1cc2c(cc1NCC1CCCCO1)CCC2. The van der Waals surface area contributed by atoms with Crippen LogP contribution in [0.1, 0.15) is 36.8 Å². The summed E-state index contributed by atoms with van der Waals surface area (Å²) in [6.07, 6.45) is 8.01. The predicted octanol–water partition coefficient (Wildman–Crippen LogP) is 3.16. The molecule has 1 aromatic rings. The Morgan fingerprint density at radius 2 is 2.06 bits per heavy atom. The molecular formula is C15H21NO. The molecule has 0 aromatic heterocycles. The van der Waals surface area contributed by atoms with Gasteiger partial charge in [0, 0.05) is 18.8 Å². The van der Waals surface area contributed by atoms with Gasteiger partial charge >= 0.3 is 0 Å². The Morgan fingerprint density at radius 1 is 1.12 bits per heavy atom. The van der Waals surface area contributed by atoms with Crippen LogP contribution >= 0.6 is 0 Å². The molecule has 0 saturated carbocycles. The van der Waals surface area contributed by atoms with Crippen LogP contribution in [0.15, 0.2) is 18.2 Å². The summed E-state index contributed by atoms with van der Waals surface area (Å²) < 4.78 is 5.73. The third-order valence-electron chi connectivity index (χ3n) is 3.91. The minimum absolute atomic E-state index is 0.414.